The largest absolute Gasteiger partial charge is 0.508 e. The molecule has 0 bridgehead atoms. The zero-order chi connectivity index (χ0) is 14.5. The fourth-order valence-corrected chi connectivity index (χ4v) is 1.73. The van der Waals surface area contributed by atoms with Gasteiger partial charge in [-0.15, -0.1) is 0 Å². The molecule has 0 saturated heterocycles. The van der Waals surface area contributed by atoms with Gasteiger partial charge < -0.3 is 20.9 Å². The lowest BCUT2D eigenvalue weighted by molar-refractivity contribution is -0.118. The van der Waals surface area contributed by atoms with Crippen molar-refractivity contribution in [2.75, 3.05) is 12.4 Å². The summed E-state index contributed by atoms with van der Waals surface area (Å²) in [4.78, 5) is 10.8. The second-order valence-corrected chi connectivity index (χ2v) is 4.24. The van der Waals surface area contributed by atoms with Gasteiger partial charge in [0.05, 0.1) is 19.0 Å². The number of phenols is 1. The van der Waals surface area contributed by atoms with Crippen molar-refractivity contribution in [3.05, 3.63) is 36.2 Å². The number of nitrogens with two attached hydrogens (primary N) is 1. The van der Waals surface area contributed by atoms with Crippen LogP contribution < -0.4 is 15.8 Å². The van der Waals surface area contributed by atoms with Crippen LogP contribution in [0.1, 0.15) is 5.56 Å². The van der Waals surface area contributed by atoms with E-state index in [4.69, 9.17) is 10.5 Å². The molecule has 4 N–H and O–H groups in total. The topological polar surface area (TPSA) is 102 Å². The number of anilines is 1. The minimum absolute atomic E-state index is 0.0338. The van der Waals surface area contributed by atoms with Gasteiger partial charge in [0.15, 0.2) is 0 Å². The van der Waals surface area contributed by atoms with Crippen LogP contribution in [0.4, 0.5) is 5.69 Å². The quantitative estimate of drug-likeness (QED) is 0.720. The molecule has 0 fully saturated rings. The smallest absolute Gasteiger partial charge is 0.239 e. The van der Waals surface area contributed by atoms with E-state index in [9.17, 15) is 9.90 Å². The normalized spacial score (nSPS) is 10.2. The summed E-state index contributed by atoms with van der Waals surface area (Å²) in [6.07, 6.45) is 3.25. The van der Waals surface area contributed by atoms with E-state index >= 15 is 0 Å². The van der Waals surface area contributed by atoms with E-state index in [-0.39, 0.29) is 12.3 Å². The number of benzene rings is 1. The fourth-order valence-electron chi connectivity index (χ4n) is 1.73. The third-order valence-corrected chi connectivity index (χ3v) is 2.72. The van der Waals surface area contributed by atoms with Crippen molar-refractivity contribution in [2.24, 2.45) is 5.73 Å². The summed E-state index contributed by atoms with van der Waals surface area (Å²) in [7, 11) is 1.57. The lowest BCUT2D eigenvalue weighted by Crippen LogP contribution is -2.18. The van der Waals surface area contributed by atoms with Crippen LogP contribution in [0.3, 0.4) is 0 Å². The minimum Gasteiger partial charge on any atom is -0.508 e. The molecule has 0 aliphatic carbocycles. The van der Waals surface area contributed by atoms with Crippen LogP contribution in [0.5, 0.6) is 11.5 Å². The molecule has 7 nitrogen and oxygen atoms in total. The monoisotopic (exact) mass is 276 g/mol. The molecule has 0 saturated carbocycles. The molecule has 7 heteroatoms. The molecular formula is C13H16N4O3. The highest BCUT2D eigenvalue weighted by molar-refractivity contribution is 5.73. The van der Waals surface area contributed by atoms with Crippen molar-refractivity contribution in [3.63, 3.8) is 0 Å². The van der Waals surface area contributed by atoms with Crippen molar-refractivity contribution >= 4 is 11.6 Å². The second kappa shape index (κ2) is 5.96. The zero-order valence-corrected chi connectivity index (χ0v) is 11.0. The van der Waals surface area contributed by atoms with Crippen LogP contribution in [0.2, 0.25) is 0 Å². The van der Waals surface area contributed by atoms with Gasteiger partial charge in [0.1, 0.15) is 18.0 Å². The van der Waals surface area contributed by atoms with Gasteiger partial charge in [-0.2, -0.15) is 5.10 Å². The number of ether oxygens (including phenoxy) is 1. The highest BCUT2D eigenvalue weighted by atomic mass is 16.5. The molecule has 0 atom stereocenters. The number of phenolic OH excluding ortho intramolecular Hbond substituents is 1. The third kappa shape index (κ3) is 3.41. The van der Waals surface area contributed by atoms with Gasteiger partial charge in [-0.25, -0.2) is 0 Å². The fraction of sp³-hybridized carbons (Fsp3) is 0.231. The van der Waals surface area contributed by atoms with Gasteiger partial charge in [0, 0.05) is 18.3 Å². The van der Waals surface area contributed by atoms with E-state index in [1.165, 1.54) is 4.68 Å². The molecule has 1 aromatic carbocycles. The Labute approximate surface area is 116 Å². The number of rotatable bonds is 6. The Morgan fingerprint density at radius 1 is 1.55 bits per heavy atom. The molecule has 0 aliphatic heterocycles. The number of nitrogens with zero attached hydrogens (tertiary/aromatic N) is 2. The Kier molecular flexibility index (Phi) is 4.09. The number of aromatic nitrogens is 2. The molecule has 0 aliphatic rings. The molecule has 1 heterocycles. The van der Waals surface area contributed by atoms with Crippen LogP contribution >= 0.6 is 0 Å². The lowest BCUT2D eigenvalue weighted by Gasteiger charge is -2.08. The Hall–Kier alpha value is -2.70. The number of nitrogens with one attached hydrogen (secondary N) is 1. The Morgan fingerprint density at radius 2 is 2.35 bits per heavy atom. The summed E-state index contributed by atoms with van der Waals surface area (Å²) < 4.78 is 6.54. The third-order valence-electron chi connectivity index (χ3n) is 2.72. The van der Waals surface area contributed by atoms with Crippen molar-refractivity contribution in [2.45, 2.75) is 13.1 Å². The standard InChI is InChI=1S/C13H16N4O3/c1-20-11-2-3-12(18)9(4-11)5-15-10-6-16-17(7-10)8-13(14)19/h2-4,6-7,15,18H,5,8H2,1H3,(H2,14,19). The van der Waals surface area contributed by atoms with Gasteiger partial charge in [-0.3, -0.25) is 9.48 Å². The number of primary amides is 1. The lowest BCUT2D eigenvalue weighted by atomic mass is 10.2. The SMILES string of the molecule is COc1ccc(O)c(CNc2cnn(CC(N)=O)c2)c1. The van der Waals surface area contributed by atoms with Gasteiger partial charge >= 0.3 is 0 Å². The molecule has 2 rings (SSSR count). The second-order valence-electron chi connectivity index (χ2n) is 4.24. The van der Waals surface area contributed by atoms with Crippen molar-refractivity contribution < 1.29 is 14.6 Å². The van der Waals surface area contributed by atoms with E-state index in [2.05, 4.69) is 10.4 Å². The maximum absolute atomic E-state index is 10.8. The first-order chi connectivity index (χ1) is 9.58. The first-order valence-corrected chi connectivity index (χ1v) is 5.99. The van der Waals surface area contributed by atoms with E-state index < -0.39 is 5.91 Å². The summed E-state index contributed by atoms with van der Waals surface area (Å²) in [6, 6.07) is 5.01. The van der Waals surface area contributed by atoms with Crippen LogP contribution in [-0.4, -0.2) is 27.9 Å². The Bertz CT molecular complexity index is 609. The first-order valence-electron chi connectivity index (χ1n) is 5.99. The zero-order valence-electron chi connectivity index (χ0n) is 11.0. The molecule has 1 aromatic heterocycles. The Balaban J connectivity index is 2.01. The van der Waals surface area contributed by atoms with Crippen molar-refractivity contribution in [3.8, 4) is 11.5 Å². The number of carbonyl (C=O) groups excluding carboxylic acids is 1. The average molecular weight is 276 g/mol. The number of aromatic hydroxyl groups is 1. The van der Waals surface area contributed by atoms with E-state index in [1.807, 2.05) is 0 Å². The predicted molar refractivity (Wildman–Crippen MR) is 73.4 cm³/mol. The van der Waals surface area contributed by atoms with E-state index in [1.54, 1.807) is 37.7 Å². The first kappa shape index (κ1) is 13.7. The van der Waals surface area contributed by atoms with E-state index in [0.717, 1.165) is 5.69 Å². The molecule has 1 amide bonds. The number of hydrogen-bond acceptors (Lipinski definition) is 5. The molecule has 0 spiro atoms. The van der Waals surface area contributed by atoms with Crippen LogP contribution in [0, 0.1) is 0 Å². The van der Waals surface area contributed by atoms with Gasteiger partial charge in [-0.1, -0.05) is 0 Å². The van der Waals surface area contributed by atoms with Gasteiger partial charge in [0.25, 0.3) is 0 Å². The van der Waals surface area contributed by atoms with Crippen LogP contribution in [-0.2, 0) is 17.9 Å². The summed E-state index contributed by atoms with van der Waals surface area (Å²) in [5, 5.41) is 16.8. The van der Waals surface area contributed by atoms with Crippen molar-refractivity contribution in [1.82, 2.24) is 9.78 Å². The number of methoxy groups -OCH3 is 1. The number of amides is 1. The molecule has 106 valence electrons. The van der Waals surface area contributed by atoms with Crippen molar-refractivity contribution in [1.29, 1.82) is 0 Å². The Morgan fingerprint density at radius 3 is 3.05 bits per heavy atom. The summed E-state index contributed by atoms with van der Waals surface area (Å²) in [6.45, 7) is 0.442. The number of carbonyl (C=O) groups is 1. The highest BCUT2D eigenvalue weighted by Crippen LogP contribution is 2.23. The average Bonchev–Trinajstić information content (AvgIpc) is 2.84. The van der Waals surface area contributed by atoms with E-state index in [0.29, 0.717) is 17.9 Å². The van der Waals surface area contributed by atoms with Crippen LogP contribution in [0.25, 0.3) is 0 Å². The number of hydrogen-bond donors (Lipinski definition) is 3. The molecule has 2 aromatic rings. The molecule has 0 unspecified atom stereocenters. The summed E-state index contributed by atoms with van der Waals surface area (Å²) in [5.41, 5.74) is 6.51. The van der Waals surface area contributed by atoms with Gasteiger partial charge in [-0.05, 0) is 18.2 Å². The molecular weight excluding hydrogens is 260 g/mol. The summed E-state index contributed by atoms with van der Waals surface area (Å²) >= 11 is 0. The minimum atomic E-state index is -0.454. The summed E-state index contributed by atoms with van der Waals surface area (Å²) in [5.74, 6) is 0.400. The maximum atomic E-state index is 10.8. The van der Waals surface area contributed by atoms with Crippen LogP contribution in [0.15, 0.2) is 30.6 Å². The molecule has 20 heavy (non-hydrogen) atoms. The van der Waals surface area contributed by atoms with Gasteiger partial charge in [0.2, 0.25) is 5.91 Å². The maximum Gasteiger partial charge on any atom is 0.239 e. The molecule has 0 radical (unpaired) electrons. The highest BCUT2D eigenvalue weighted by Gasteiger charge is 2.05. The predicted octanol–water partition coefficient (Wildman–Crippen LogP) is 0.695.